The van der Waals surface area contributed by atoms with Crippen LogP contribution in [0.5, 0.6) is 0 Å². The molecule has 0 bridgehead atoms. The zero-order valence-electron chi connectivity index (χ0n) is 21.3. The Balaban J connectivity index is 1.07. The SMILES string of the molecule is C[C@@H]1CN(c2cnc(C(F)(F)F)cn2)C[C@@H](C)N1C(=O)OC1CC2(C1)CN(Cc1ccc(C(N)=O)cc1)C2. The quantitative estimate of drug-likeness (QED) is 0.630. The lowest BCUT2D eigenvalue weighted by Crippen LogP contribution is -2.65. The van der Waals surface area contributed by atoms with Crippen LogP contribution in [0, 0.1) is 5.41 Å². The maximum absolute atomic E-state index is 13.0. The van der Waals surface area contributed by atoms with Crippen LogP contribution in [0.4, 0.5) is 23.8 Å². The van der Waals surface area contributed by atoms with Crippen LogP contribution in [0.3, 0.4) is 0 Å². The Morgan fingerprint density at radius 1 is 1.05 bits per heavy atom. The first-order valence-corrected chi connectivity index (χ1v) is 12.7. The van der Waals surface area contributed by atoms with Gasteiger partial charge >= 0.3 is 12.3 Å². The molecule has 1 spiro atoms. The van der Waals surface area contributed by atoms with Gasteiger partial charge in [-0.05, 0) is 44.4 Å². The van der Waals surface area contributed by atoms with E-state index < -0.39 is 17.8 Å². The molecule has 2 aromatic rings. The van der Waals surface area contributed by atoms with Crippen LogP contribution >= 0.6 is 0 Å². The second-order valence-corrected chi connectivity index (χ2v) is 10.9. The van der Waals surface area contributed by atoms with Gasteiger partial charge in [-0.2, -0.15) is 13.2 Å². The van der Waals surface area contributed by atoms with Crippen molar-refractivity contribution in [2.75, 3.05) is 31.1 Å². The van der Waals surface area contributed by atoms with Gasteiger partial charge in [0.2, 0.25) is 5.91 Å². The number of amides is 2. The molecule has 2 aliphatic heterocycles. The van der Waals surface area contributed by atoms with Crippen molar-refractivity contribution in [2.45, 2.75) is 57.6 Å². The summed E-state index contributed by atoms with van der Waals surface area (Å²) in [5.41, 5.74) is 6.07. The summed E-state index contributed by atoms with van der Waals surface area (Å²) in [6.07, 6.45) is -1.47. The van der Waals surface area contributed by atoms with Gasteiger partial charge in [-0.3, -0.25) is 14.6 Å². The molecule has 12 heteroatoms. The van der Waals surface area contributed by atoms with E-state index in [1.54, 1.807) is 17.0 Å². The van der Waals surface area contributed by atoms with Gasteiger partial charge in [0, 0.05) is 43.7 Å². The summed E-state index contributed by atoms with van der Waals surface area (Å²) in [7, 11) is 0. The van der Waals surface area contributed by atoms with Gasteiger partial charge in [-0.25, -0.2) is 14.8 Å². The number of carbonyl (C=O) groups excluding carboxylic acids is 2. The summed E-state index contributed by atoms with van der Waals surface area (Å²) in [5, 5.41) is 0. The highest BCUT2D eigenvalue weighted by molar-refractivity contribution is 5.92. The normalized spacial score (nSPS) is 23.6. The Kier molecular flexibility index (Phi) is 6.70. The second-order valence-electron chi connectivity index (χ2n) is 10.9. The number of rotatable bonds is 5. The van der Waals surface area contributed by atoms with Crippen LogP contribution < -0.4 is 10.6 Å². The number of aromatic nitrogens is 2. The number of anilines is 1. The molecule has 9 nitrogen and oxygen atoms in total. The number of hydrogen-bond donors (Lipinski definition) is 1. The molecule has 1 aromatic heterocycles. The van der Waals surface area contributed by atoms with Crippen LogP contribution in [0.15, 0.2) is 36.7 Å². The third kappa shape index (κ3) is 5.27. The summed E-state index contributed by atoms with van der Waals surface area (Å²) < 4.78 is 44.2. The third-order valence-corrected chi connectivity index (χ3v) is 7.73. The van der Waals surface area contributed by atoms with Crippen LogP contribution in [0.25, 0.3) is 0 Å². The number of likely N-dealkylation sites (tertiary alicyclic amines) is 1. The number of ether oxygens (including phenoxy) is 1. The summed E-state index contributed by atoms with van der Waals surface area (Å²) in [5.74, 6) is -0.0855. The van der Waals surface area contributed by atoms with Crippen molar-refractivity contribution in [3.63, 3.8) is 0 Å². The maximum Gasteiger partial charge on any atom is 0.434 e. The second kappa shape index (κ2) is 9.72. The van der Waals surface area contributed by atoms with Gasteiger partial charge in [0.1, 0.15) is 11.9 Å². The molecule has 1 aliphatic carbocycles. The number of nitrogens with zero attached hydrogens (tertiary/aromatic N) is 5. The van der Waals surface area contributed by atoms with Crippen molar-refractivity contribution in [2.24, 2.45) is 11.1 Å². The van der Waals surface area contributed by atoms with Crippen molar-refractivity contribution >= 4 is 17.8 Å². The molecule has 3 aliphatic rings. The van der Waals surface area contributed by atoms with Crippen molar-refractivity contribution in [1.29, 1.82) is 0 Å². The number of primary amides is 1. The minimum atomic E-state index is -4.54. The molecule has 5 rings (SSSR count). The number of hydrogen-bond acceptors (Lipinski definition) is 7. The van der Waals surface area contributed by atoms with E-state index in [0.29, 0.717) is 24.5 Å². The van der Waals surface area contributed by atoms with E-state index >= 15 is 0 Å². The molecule has 2 atom stereocenters. The fourth-order valence-corrected chi connectivity index (χ4v) is 6.00. The summed E-state index contributed by atoms with van der Waals surface area (Å²) in [6, 6.07) is 6.91. The van der Waals surface area contributed by atoms with Gasteiger partial charge < -0.3 is 15.4 Å². The molecule has 38 heavy (non-hydrogen) atoms. The van der Waals surface area contributed by atoms with Crippen molar-refractivity contribution in [3.8, 4) is 0 Å². The van der Waals surface area contributed by atoms with Crippen molar-refractivity contribution in [1.82, 2.24) is 19.8 Å². The highest BCUT2D eigenvalue weighted by Crippen LogP contribution is 2.50. The highest BCUT2D eigenvalue weighted by atomic mass is 19.4. The largest absolute Gasteiger partial charge is 0.446 e. The summed E-state index contributed by atoms with van der Waals surface area (Å²) in [6.45, 7) is 7.31. The smallest absolute Gasteiger partial charge is 0.434 e. The lowest BCUT2D eigenvalue weighted by molar-refractivity contribution is -0.141. The molecular formula is C26H31F3N6O3. The Hall–Kier alpha value is -3.41. The standard InChI is InChI=1S/C26H31F3N6O3/c1-16-11-34(22-10-31-21(9-32-22)26(27,28)29)12-17(2)35(16)24(37)38-20-7-25(8-20)14-33(15-25)13-18-3-5-19(6-4-18)23(30)36/h3-6,9-10,16-17,20H,7-8,11-15H2,1-2H3,(H2,30,36)/t16-,17-/m1/s1. The van der Waals surface area contributed by atoms with E-state index in [9.17, 15) is 22.8 Å². The third-order valence-electron chi connectivity index (χ3n) is 7.73. The number of piperazine rings is 1. The molecule has 0 radical (unpaired) electrons. The maximum atomic E-state index is 13.0. The first-order valence-electron chi connectivity index (χ1n) is 12.7. The Labute approximate surface area is 218 Å². The van der Waals surface area contributed by atoms with Crippen molar-refractivity contribution in [3.05, 3.63) is 53.5 Å². The predicted molar refractivity (Wildman–Crippen MR) is 132 cm³/mol. The first-order chi connectivity index (χ1) is 17.9. The molecule has 2 N–H and O–H groups in total. The molecular weight excluding hydrogens is 501 g/mol. The van der Waals surface area contributed by atoms with Crippen LogP contribution in [0.2, 0.25) is 0 Å². The lowest BCUT2D eigenvalue weighted by atomic mass is 9.61. The fraction of sp³-hybridized carbons (Fsp3) is 0.538. The molecule has 1 saturated carbocycles. The van der Waals surface area contributed by atoms with E-state index in [-0.39, 0.29) is 29.7 Å². The fourth-order valence-electron chi connectivity index (χ4n) is 6.00. The van der Waals surface area contributed by atoms with E-state index in [4.69, 9.17) is 10.5 Å². The van der Waals surface area contributed by atoms with E-state index in [1.807, 2.05) is 30.9 Å². The van der Waals surface area contributed by atoms with Gasteiger partial charge in [0.25, 0.3) is 0 Å². The predicted octanol–water partition coefficient (Wildman–Crippen LogP) is 3.29. The van der Waals surface area contributed by atoms with Gasteiger partial charge in [0.15, 0.2) is 5.69 Å². The minimum Gasteiger partial charge on any atom is -0.446 e. The molecule has 204 valence electrons. The van der Waals surface area contributed by atoms with Crippen molar-refractivity contribution < 1.29 is 27.5 Å². The number of nitrogens with two attached hydrogens (primary N) is 1. The molecule has 3 fully saturated rings. The van der Waals surface area contributed by atoms with E-state index in [1.165, 1.54) is 0 Å². The summed E-state index contributed by atoms with van der Waals surface area (Å²) >= 11 is 0. The van der Waals surface area contributed by atoms with E-state index in [2.05, 4.69) is 14.9 Å². The Bertz CT molecular complexity index is 1160. The number of alkyl halides is 3. The first kappa shape index (κ1) is 26.2. The molecule has 1 aromatic carbocycles. The van der Waals surface area contributed by atoms with Crippen LogP contribution in [-0.4, -0.2) is 76.1 Å². The van der Waals surface area contributed by atoms with Gasteiger partial charge in [-0.1, -0.05) is 12.1 Å². The van der Waals surface area contributed by atoms with E-state index in [0.717, 1.165) is 50.4 Å². The van der Waals surface area contributed by atoms with Crippen LogP contribution in [0.1, 0.15) is 48.3 Å². The monoisotopic (exact) mass is 532 g/mol. The molecule has 3 heterocycles. The average Bonchev–Trinajstić information content (AvgIpc) is 2.80. The zero-order chi connectivity index (χ0) is 27.2. The molecule has 2 amide bonds. The van der Waals surface area contributed by atoms with Crippen LogP contribution in [-0.2, 0) is 17.5 Å². The lowest BCUT2D eigenvalue weighted by Gasteiger charge is -2.58. The van der Waals surface area contributed by atoms with Gasteiger partial charge in [0.05, 0.1) is 24.5 Å². The zero-order valence-corrected chi connectivity index (χ0v) is 21.3. The molecule has 0 unspecified atom stereocenters. The topological polar surface area (TPSA) is 105 Å². The highest BCUT2D eigenvalue weighted by Gasteiger charge is 2.54. The molecule has 2 saturated heterocycles. The minimum absolute atomic E-state index is 0.113. The Morgan fingerprint density at radius 3 is 2.21 bits per heavy atom. The summed E-state index contributed by atoms with van der Waals surface area (Å²) in [4.78, 5) is 37.6. The Morgan fingerprint density at radius 2 is 1.68 bits per heavy atom. The van der Waals surface area contributed by atoms with Gasteiger partial charge in [-0.15, -0.1) is 0 Å². The number of benzene rings is 1. The average molecular weight is 533 g/mol. The number of carbonyl (C=O) groups is 2. The number of halogens is 3.